The Bertz CT molecular complexity index is 331. The van der Waals surface area contributed by atoms with Crippen molar-refractivity contribution >= 4 is 17.9 Å². The number of nitrogens with two attached hydrogens (primary N) is 1. The molecular formula is C10H18N2O7. The zero-order valence-electron chi connectivity index (χ0n) is 10.2. The highest BCUT2D eigenvalue weighted by molar-refractivity contribution is 5.72. The van der Waals surface area contributed by atoms with Crippen molar-refractivity contribution in [2.45, 2.75) is 25.0 Å². The summed E-state index contributed by atoms with van der Waals surface area (Å²) >= 11 is 0. The summed E-state index contributed by atoms with van der Waals surface area (Å²) in [7, 11) is 0. The molecule has 0 saturated carbocycles. The summed E-state index contributed by atoms with van der Waals surface area (Å²) in [5, 5.41) is 38.8. The van der Waals surface area contributed by atoms with Crippen molar-refractivity contribution in [3.8, 4) is 0 Å². The van der Waals surface area contributed by atoms with Gasteiger partial charge >= 0.3 is 17.9 Å². The monoisotopic (exact) mass is 278 g/mol. The first-order chi connectivity index (χ1) is 8.71. The number of carbonyl (C=O) groups is 3. The van der Waals surface area contributed by atoms with Crippen molar-refractivity contribution in [3.63, 3.8) is 0 Å². The van der Waals surface area contributed by atoms with Crippen molar-refractivity contribution < 1.29 is 34.8 Å². The molecule has 0 saturated heterocycles. The van der Waals surface area contributed by atoms with Crippen molar-refractivity contribution in [1.29, 1.82) is 0 Å². The highest BCUT2D eigenvalue weighted by Gasteiger charge is 2.40. The molecule has 0 aromatic rings. The molecule has 0 aromatic carbocycles. The van der Waals surface area contributed by atoms with Gasteiger partial charge in [0.2, 0.25) is 0 Å². The lowest BCUT2D eigenvalue weighted by Gasteiger charge is -2.34. The van der Waals surface area contributed by atoms with Gasteiger partial charge in [-0.15, -0.1) is 0 Å². The largest absolute Gasteiger partial charge is 0.481 e. The summed E-state index contributed by atoms with van der Waals surface area (Å²) in [6.45, 7) is 0.105. The second-order valence-electron chi connectivity index (χ2n) is 4.10. The first kappa shape index (κ1) is 17.3. The van der Waals surface area contributed by atoms with Gasteiger partial charge < -0.3 is 26.2 Å². The van der Waals surface area contributed by atoms with Crippen LogP contribution in [0.25, 0.3) is 0 Å². The zero-order chi connectivity index (χ0) is 15.1. The van der Waals surface area contributed by atoms with Gasteiger partial charge in [0, 0.05) is 19.0 Å². The third kappa shape index (κ3) is 6.70. The molecule has 0 aliphatic heterocycles. The van der Waals surface area contributed by atoms with Crippen LogP contribution in [0.5, 0.6) is 0 Å². The average Bonchev–Trinajstić information content (AvgIpc) is 2.23. The van der Waals surface area contributed by atoms with Crippen LogP contribution in [0.4, 0.5) is 0 Å². The molecule has 0 aliphatic carbocycles. The van der Waals surface area contributed by atoms with Crippen LogP contribution in [0.2, 0.25) is 0 Å². The highest BCUT2D eigenvalue weighted by atomic mass is 16.4. The smallest absolute Gasteiger partial charge is 0.307 e. The van der Waals surface area contributed by atoms with Crippen LogP contribution in [0.15, 0.2) is 0 Å². The number of carboxylic acids is 3. The third-order valence-corrected chi connectivity index (χ3v) is 2.51. The van der Waals surface area contributed by atoms with E-state index in [1.165, 1.54) is 0 Å². The Balaban J connectivity index is 5.12. The van der Waals surface area contributed by atoms with Gasteiger partial charge in [-0.25, -0.2) is 0 Å². The number of aliphatic hydroxyl groups is 1. The number of nitrogens with one attached hydrogen (secondary N) is 1. The maximum Gasteiger partial charge on any atom is 0.307 e. The van der Waals surface area contributed by atoms with Gasteiger partial charge in [0.15, 0.2) is 0 Å². The minimum absolute atomic E-state index is 0.0273. The average molecular weight is 278 g/mol. The Labute approximate surface area is 109 Å². The van der Waals surface area contributed by atoms with E-state index in [-0.39, 0.29) is 13.1 Å². The molecule has 9 nitrogen and oxygen atoms in total. The van der Waals surface area contributed by atoms with E-state index in [1.807, 2.05) is 0 Å². The van der Waals surface area contributed by atoms with Crippen molar-refractivity contribution in [2.75, 3.05) is 13.1 Å². The van der Waals surface area contributed by atoms with Gasteiger partial charge in [0.05, 0.1) is 19.3 Å². The molecule has 0 aliphatic rings. The Morgan fingerprint density at radius 1 is 1.05 bits per heavy atom. The third-order valence-electron chi connectivity index (χ3n) is 2.51. The van der Waals surface area contributed by atoms with E-state index in [2.05, 4.69) is 5.32 Å². The molecule has 0 heterocycles. The first-order valence-electron chi connectivity index (χ1n) is 5.54. The predicted octanol–water partition coefficient (Wildman–Crippen LogP) is -1.74. The SMILES string of the molecule is NCCNC(O)(CC(=O)O)C(CC(=O)O)CC(=O)O. The fraction of sp³-hybridized carbons (Fsp3) is 0.700. The molecule has 110 valence electrons. The number of rotatable bonds is 10. The number of hydrogen-bond acceptors (Lipinski definition) is 6. The topological polar surface area (TPSA) is 170 Å². The molecule has 1 unspecified atom stereocenters. The van der Waals surface area contributed by atoms with Crippen LogP contribution >= 0.6 is 0 Å². The van der Waals surface area contributed by atoms with E-state index in [0.717, 1.165) is 0 Å². The van der Waals surface area contributed by atoms with Crippen LogP contribution in [-0.2, 0) is 14.4 Å². The summed E-state index contributed by atoms with van der Waals surface area (Å²) in [6.07, 6.45) is -2.17. The Morgan fingerprint density at radius 2 is 1.53 bits per heavy atom. The lowest BCUT2D eigenvalue weighted by Crippen LogP contribution is -2.55. The Hall–Kier alpha value is -1.71. The second kappa shape index (κ2) is 7.67. The van der Waals surface area contributed by atoms with Crippen LogP contribution in [0.1, 0.15) is 19.3 Å². The molecule has 0 rings (SSSR count). The van der Waals surface area contributed by atoms with Gasteiger partial charge in [-0.1, -0.05) is 0 Å². The van der Waals surface area contributed by atoms with Crippen LogP contribution in [-0.4, -0.2) is 57.1 Å². The lowest BCUT2D eigenvalue weighted by atomic mass is 9.86. The van der Waals surface area contributed by atoms with Crippen molar-refractivity contribution in [2.24, 2.45) is 11.7 Å². The minimum Gasteiger partial charge on any atom is -0.481 e. The Kier molecular flexibility index (Phi) is 6.98. The van der Waals surface area contributed by atoms with Crippen molar-refractivity contribution in [1.82, 2.24) is 5.32 Å². The molecule has 7 N–H and O–H groups in total. The molecule has 0 radical (unpaired) electrons. The fourth-order valence-corrected chi connectivity index (χ4v) is 1.70. The zero-order valence-corrected chi connectivity index (χ0v) is 10.2. The van der Waals surface area contributed by atoms with Crippen molar-refractivity contribution in [3.05, 3.63) is 0 Å². The van der Waals surface area contributed by atoms with Crippen LogP contribution < -0.4 is 11.1 Å². The second-order valence-corrected chi connectivity index (χ2v) is 4.10. The van der Waals surface area contributed by atoms with Gasteiger partial charge in [-0.2, -0.15) is 0 Å². The first-order valence-corrected chi connectivity index (χ1v) is 5.54. The summed E-state index contributed by atoms with van der Waals surface area (Å²) < 4.78 is 0. The number of carboxylic acid groups (broad SMARTS) is 3. The molecular weight excluding hydrogens is 260 g/mol. The van der Waals surface area contributed by atoms with Crippen LogP contribution in [0, 0.1) is 5.92 Å². The molecule has 1 atom stereocenters. The molecule has 0 amide bonds. The van der Waals surface area contributed by atoms with E-state index in [1.54, 1.807) is 0 Å². The van der Waals surface area contributed by atoms with E-state index >= 15 is 0 Å². The molecule has 0 fully saturated rings. The molecule has 0 bridgehead atoms. The normalized spacial score (nSPS) is 14.1. The van der Waals surface area contributed by atoms with Gasteiger partial charge in [-0.05, 0) is 0 Å². The van der Waals surface area contributed by atoms with Crippen LogP contribution in [0.3, 0.4) is 0 Å². The number of hydrogen-bond donors (Lipinski definition) is 6. The maximum atomic E-state index is 10.7. The summed E-state index contributed by atoms with van der Waals surface area (Å²) in [6, 6.07) is 0. The quantitative estimate of drug-likeness (QED) is 0.254. The number of aliphatic carboxylic acids is 3. The summed E-state index contributed by atoms with van der Waals surface area (Å²) in [5.41, 5.74) is 3.08. The van der Waals surface area contributed by atoms with E-state index < -0.39 is 48.8 Å². The van der Waals surface area contributed by atoms with E-state index in [4.69, 9.17) is 21.1 Å². The summed E-state index contributed by atoms with van der Waals surface area (Å²) in [5.74, 6) is -5.33. The van der Waals surface area contributed by atoms with E-state index in [0.29, 0.717) is 0 Å². The van der Waals surface area contributed by atoms with Gasteiger partial charge in [0.1, 0.15) is 5.72 Å². The Morgan fingerprint density at radius 3 is 1.84 bits per heavy atom. The molecule has 19 heavy (non-hydrogen) atoms. The predicted molar refractivity (Wildman–Crippen MR) is 62.3 cm³/mol. The molecule has 9 heteroatoms. The minimum atomic E-state index is -2.14. The molecule has 0 aromatic heterocycles. The van der Waals surface area contributed by atoms with Gasteiger partial charge in [-0.3, -0.25) is 19.7 Å². The standard InChI is InChI=1S/C10H18N2O7/c11-1-2-12-10(19,5-9(17)18)6(3-7(13)14)4-8(15)16/h6,12,19H,1-5,11H2,(H,13,14)(H,15,16)(H,17,18). The lowest BCUT2D eigenvalue weighted by molar-refractivity contribution is -0.157. The highest BCUT2D eigenvalue weighted by Crippen LogP contribution is 2.25. The maximum absolute atomic E-state index is 10.7. The molecule has 0 spiro atoms. The summed E-state index contributed by atoms with van der Waals surface area (Å²) in [4.78, 5) is 32.1. The van der Waals surface area contributed by atoms with Gasteiger partial charge in [0.25, 0.3) is 0 Å². The fourth-order valence-electron chi connectivity index (χ4n) is 1.70. The van der Waals surface area contributed by atoms with E-state index in [9.17, 15) is 19.5 Å².